The van der Waals surface area contributed by atoms with E-state index in [1.54, 1.807) is 0 Å². The normalized spacial score (nSPS) is 12.9. The van der Waals surface area contributed by atoms with Crippen molar-refractivity contribution >= 4 is 17.9 Å². The first kappa shape index (κ1) is 72.8. The molecule has 6 heteroatoms. The lowest BCUT2D eigenvalue weighted by Crippen LogP contribution is -2.30. The molecule has 0 aromatic rings. The lowest BCUT2D eigenvalue weighted by Gasteiger charge is -2.18. The molecule has 0 rings (SSSR count). The summed E-state index contributed by atoms with van der Waals surface area (Å²) in [7, 11) is 0. The molecule has 0 aliphatic heterocycles. The highest BCUT2D eigenvalue weighted by Crippen LogP contribution is 2.15. The molecule has 0 fully saturated rings. The van der Waals surface area contributed by atoms with Crippen LogP contribution in [0.4, 0.5) is 0 Å². The van der Waals surface area contributed by atoms with Crippen LogP contribution in [0.1, 0.15) is 290 Å². The van der Waals surface area contributed by atoms with Crippen LogP contribution in [-0.4, -0.2) is 37.2 Å². The second-order valence-electron chi connectivity index (χ2n) is 20.9. The smallest absolute Gasteiger partial charge is 0.306 e. The number of ether oxygens (including phenoxy) is 3. The zero-order valence-electron chi connectivity index (χ0n) is 50.2. The van der Waals surface area contributed by atoms with Crippen LogP contribution in [0.3, 0.4) is 0 Å². The van der Waals surface area contributed by atoms with Gasteiger partial charge >= 0.3 is 17.9 Å². The fraction of sp³-hybridized carbons (Fsp3) is 0.676. The summed E-state index contributed by atoms with van der Waals surface area (Å²) >= 11 is 0. The van der Waals surface area contributed by atoms with Crippen molar-refractivity contribution in [3.05, 3.63) is 122 Å². The zero-order valence-corrected chi connectivity index (χ0v) is 50.2. The molecule has 0 aliphatic carbocycles. The molecule has 0 spiro atoms. The maximum atomic E-state index is 12.9. The Hall–Kier alpha value is -4.19. The third kappa shape index (κ3) is 62.5. The summed E-state index contributed by atoms with van der Waals surface area (Å²) in [4.78, 5) is 38.2. The van der Waals surface area contributed by atoms with Crippen LogP contribution >= 0.6 is 0 Å². The van der Waals surface area contributed by atoms with Gasteiger partial charge in [-0.3, -0.25) is 14.4 Å². The summed E-state index contributed by atoms with van der Waals surface area (Å²) < 4.78 is 16.9. The largest absolute Gasteiger partial charge is 0.462 e. The second kappa shape index (κ2) is 64.3. The Kier molecular flexibility index (Phi) is 60.8. The molecule has 1 atom stereocenters. The summed E-state index contributed by atoms with van der Waals surface area (Å²) in [6, 6.07) is 0. The molecule has 0 amide bonds. The number of carbonyl (C=O) groups excluding carboxylic acids is 3. The van der Waals surface area contributed by atoms with Crippen molar-refractivity contribution in [1.82, 2.24) is 0 Å². The van der Waals surface area contributed by atoms with E-state index in [9.17, 15) is 14.4 Å². The standard InChI is InChI=1S/C71H118O6/c1-4-7-10-13-16-19-22-25-27-29-30-31-32-33-34-35-36-37-38-39-40-41-42-43-45-46-49-52-55-58-61-64-70(73)76-67-68(66-75-69(72)63-60-57-54-51-48-24-21-18-15-12-9-6-3)77-71(74)65-62-59-56-53-50-47-44-28-26-23-20-17-14-11-8-5-2/h7,10,16,18-21,23,25,27-28,30-31,33-34,36-37,39-40,44,68H,4-6,8-9,11-15,17,22,24,26,29,32,35,38,41-43,45-67H2,1-3H3/b10-7-,19-16-,21-18-,23-20-,27-25-,31-30-,34-33-,37-36-,40-39-,44-28-. The molecule has 6 nitrogen and oxygen atoms in total. The molecule has 0 aromatic heterocycles. The van der Waals surface area contributed by atoms with Crippen LogP contribution in [0.2, 0.25) is 0 Å². The van der Waals surface area contributed by atoms with Crippen LogP contribution in [0, 0.1) is 0 Å². The Morgan fingerprint density at radius 3 is 0.831 bits per heavy atom. The Balaban J connectivity index is 4.28. The fourth-order valence-corrected chi connectivity index (χ4v) is 8.62. The molecular formula is C71H118O6. The van der Waals surface area contributed by atoms with Crippen molar-refractivity contribution in [1.29, 1.82) is 0 Å². The lowest BCUT2D eigenvalue weighted by atomic mass is 10.1. The highest BCUT2D eigenvalue weighted by molar-refractivity contribution is 5.71. The van der Waals surface area contributed by atoms with Crippen molar-refractivity contribution in [2.24, 2.45) is 0 Å². The maximum absolute atomic E-state index is 12.9. The van der Waals surface area contributed by atoms with Crippen molar-refractivity contribution < 1.29 is 28.6 Å². The average molecular weight is 1070 g/mol. The summed E-state index contributed by atoms with van der Waals surface area (Å²) in [6.07, 6.45) is 89.2. The van der Waals surface area contributed by atoms with E-state index in [1.165, 1.54) is 109 Å². The van der Waals surface area contributed by atoms with Gasteiger partial charge in [0, 0.05) is 19.3 Å². The Morgan fingerprint density at radius 1 is 0.273 bits per heavy atom. The van der Waals surface area contributed by atoms with Gasteiger partial charge in [-0.1, -0.05) is 258 Å². The molecule has 0 saturated carbocycles. The quantitative estimate of drug-likeness (QED) is 0.0261. The van der Waals surface area contributed by atoms with E-state index in [2.05, 4.69) is 142 Å². The van der Waals surface area contributed by atoms with Crippen LogP contribution < -0.4 is 0 Å². The summed E-state index contributed by atoms with van der Waals surface area (Å²) in [5.74, 6) is -0.916. The summed E-state index contributed by atoms with van der Waals surface area (Å²) in [6.45, 7) is 6.47. The van der Waals surface area contributed by atoms with E-state index in [-0.39, 0.29) is 31.1 Å². The van der Waals surface area contributed by atoms with Gasteiger partial charge in [-0.2, -0.15) is 0 Å². The van der Waals surface area contributed by atoms with E-state index < -0.39 is 6.10 Å². The predicted octanol–water partition coefficient (Wildman–Crippen LogP) is 22.0. The van der Waals surface area contributed by atoms with Gasteiger partial charge < -0.3 is 14.2 Å². The molecule has 0 heterocycles. The molecule has 438 valence electrons. The molecule has 77 heavy (non-hydrogen) atoms. The van der Waals surface area contributed by atoms with E-state index in [1.807, 2.05) is 0 Å². The van der Waals surface area contributed by atoms with Crippen LogP contribution in [0.5, 0.6) is 0 Å². The van der Waals surface area contributed by atoms with E-state index in [4.69, 9.17) is 14.2 Å². The highest BCUT2D eigenvalue weighted by atomic mass is 16.6. The minimum atomic E-state index is -0.794. The zero-order chi connectivity index (χ0) is 55.7. The SMILES string of the molecule is CC/C=C\C/C=C\C/C=C\C/C=C\C/C=C\C/C=C\C/C=C\CCCCCCCCCCCC(=O)OCC(COC(=O)CCCCCCC/C=C\CCCCC)OC(=O)CCCCCCC/C=C\C/C=C\CCCCCC. The third-order valence-corrected chi connectivity index (χ3v) is 13.4. The number of unbranched alkanes of at least 4 members (excludes halogenated alkanes) is 26. The van der Waals surface area contributed by atoms with Crippen LogP contribution in [0.25, 0.3) is 0 Å². The highest BCUT2D eigenvalue weighted by Gasteiger charge is 2.19. The van der Waals surface area contributed by atoms with Gasteiger partial charge in [0.1, 0.15) is 13.2 Å². The van der Waals surface area contributed by atoms with E-state index in [0.29, 0.717) is 19.3 Å². The summed E-state index contributed by atoms with van der Waals surface area (Å²) in [5.41, 5.74) is 0. The van der Waals surface area contributed by atoms with E-state index in [0.717, 1.165) is 141 Å². The Bertz CT molecular complexity index is 1600. The molecule has 0 N–H and O–H groups in total. The molecule has 0 radical (unpaired) electrons. The van der Waals surface area contributed by atoms with E-state index >= 15 is 0 Å². The maximum Gasteiger partial charge on any atom is 0.306 e. The van der Waals surface area contributed by atoms with Gasteiger partial charge in [-0.05, 0) is 135 Å². The monoisotopic (exact) mass is 1070 g/mol. The first-order chi connectivity index (χ1) is 38.0. The molecule has 0 aliphatic rings. The number of esters is 3. The number of hydrogen-bond donors (Lipinski definition) is 0. The fourth-order valence-electron chi connectivity index (χ4n) is 8.62. The van der Waals surface area contributed by atoms with Gasteiger partial charge in [0.15, 0.2) is 6.10 Å². The van der Waals surface area contributed by atoms with Crippen molar-refractivity contribution in [3.8, 4) is 0 Å². The molecular weight excluding hydrogens is 949 g/mol. The Morgan fingerprint density at radius 2 is 0.506 bits per heavy atom. The van der Waals surface area contributed by atoms with Crippen LogP contribution in [-0.2, 0) is 28.6 Å². The first-order valence-corrected chi connectivity index (χ1v) is 32.0. The predicted molar refractivity (Wildman–Crippen MR) is 334 cm³/mol. The van der Waals surface area contributed by atoms with Gasteiger partial charge in [0.2, 0.25) is 0 Å². The average Bonchev–Trinajstić information content (AvgIpc) is 3.43. The number of rotatable bonds is 57. The van der Waals surface area contributed by atoms with Gasteiger partial charge in [-0.15, -0.1) is 0 Å². The molecule has 0 bridgehead atoms. The van der Waals surface area contributed by atoms with Crippen molar-refractivity contribution in [3.63, 3.8) is 0 Å². The molecule has 0 saturated heterocycles. The minimum Gasteiger partial charge on any atom is -0.462 e. The molecule has 0 aromatic carbocycles. The van der Waals surface area contributed by atoms with Crippen molar-refractivity contribution in [2.45, 2.75) is 297 Å². The topological polar surface area (TPSA) is 78.9 Å². The number of allylic oxidation sites excluding steroid dienone is 20. The van der Waals surface area contributed by atoms with Gasteiger partial charge in [0.25, 0.3) is 0 Å². The van der Waals surface area contributed by atoms with Crippen molar-refractivity contribution in [2.75, 3.05) is 13.2 Å². The Labute approximate surface area is 475 Å². The number of hydrogen-bond acceptors (Lipinski definition) is 6. The first-order valence-electron chi connectivity index (χ1n) is 32.0. The van der Waals surface area contributed by atoms with Gasteiger partial charge in [0.05, 0.1) is 0 Å². The number of carbonyl (C=O) groups is 3. The third-order valence-electron chi connectivity index (χ3n) is 13.4. The lowest BCUT2D eigenvalue weighted by molar-refractivity contribution is -0.167. The minimum absolute atomic E-state index is 0.0908. The summed E-state index contributed by atoms with van der Waals surface area (Å²) in [5, 5.41) is 0. The van der Waals surface area contributed by atoms with Crippen LogP contribution in [0.15, 0.2) is 122 Å². The second-order valence-corrected chi connectivity index (χ2v) is 20.9. The van der Waals surface area contributed by atoms with Gasteiger partial charge in [-0.25, -0.2) is 0 Å². The molecule has 1 unspecified atom stereocenters.